The van der Waals surface area contributed by atoms with E-state index in [1.165, 1.54) is 18.9 Å². The lowest BCUT2D eigenvalue weighted by atomic mass is 9.92. The van der Waals surface area contributed by atoms with Crippen molar-refractivity contribution in [1.29, 1.82) is 0 Å². The number of alkyl halides is 3. The van der Waals surface area contributed by atoms with Crippen LogP contribution in [-0.4, -0.2) is 23.9 Å². The first kappa shape index (κ1) is 15.2. The fourth-order valence-electron chi connectivity index (χ4n) is 2.45. The number of thioether (sulfide) groups is 1. The van der Waals surface area contributed by atoms with E-state index < -0.39 is 29.4 Å². The van der Waals surface area contributed by atoms with E-state index in [0.717, 1.165) is 6.07 Å². The van der Waals surface area contributed by atoms with E-state index >= 15 is 0 Å². The summed E-state index contributed by atoms with van der Waals surface area (Å²) in [7, 11) is 1.34. The molecule has 0 radical (unpaired) electrons. The Morgan fingerprint density at radius 2 is 2.15 bits per heavy atom. The van der Waals surface area contributed by atoms with Gasteiger partial charge >= 0.3 is 12.1 Å². The number of ether oxygens (including phenoxy) is 1. The molecule has 1 aliphatic rings. The van der Waals surface area contributed by atoms with Gasteiger partial charge in [0.05, 0.1) is 17.2 Å². The quantitative estimate of drug-likeness (QED) is 0.900. The van der Waals surface area contributed by atoms with Gasteiger partial charge < -0.3 is 9.84 Å². The molecule has 20 heavy (non-hydrogen) atoms. The van der Waals surface area contributed by atoms with Crippen molar-refractivity contribution in [3.63, 3.8) is 0 Å². The number of carboxylic acid groups (broad SMARTS) is 1. The highest BCUT2D eigenvalue weighted by atomic mass is 32.2. The first-order chi connectivity index (χ1) is 9.27. The third-order valence-electron chi connectivity index (χ3n) is 3.25. The monoisotopic (exact) mass is 306 g/mol. The minimum Gasteiger partial charge on any atom is -0.478 e. The number of hydrogen-bond donors (Lipinski definition) is 1. The Bertz CT molecular complexity index is 555. The highest BCUT2D eigenvalue weighted by Gasteiger charge is 2.42. The summed E-state index contributed by atoms with van der Waals surface area (Å²) >= 11 is 1.31. The molecule has 7 heteroatoms. The highest BCUT2D eigenvalue weighted by Crippen LogP contribution is 2.47. The Labute approximate surface area is 118 Å². The molecular formula is C13H13F3O3S. The largest absolute Gasteiger partial charge is 0.478 e. The van der Waals surface area contributed by atoms with Gasteiger partial charge in [-0.2, -0.15) is 13.2 Å². The van der Waals surface area contributed by atoms with Crippen LogP contribution in [0.4, 0.5) is 13.2 Å². The molecule has 0 aliphatic carbocycles. The standard InChI is InChI=1S/C13H13F3O3S/c1-6-5-7(12(17)18)10(13(14,15)16)9-8(19-2)3-4-20-11(6)9/h5,8H,3-4H2,1-2H3,(H,17,18). The first-order valence-electron chi connectivity index (χ1n) is 5.91. The molecule has 0 amide bonds. The molecule has 1 unspecified atom stereocenters. The van der Waals surface area contributed by atoms with Crippen molar-refractivity contribution < 1.29 is 27.8 Å². The number of halogens is 3. The highest BCUT2D eigenvalue weighted by molar-refractivity contribution is 7.99. The second-order valence-electron chi connectivity index (χ2n) is 4.52. The van der Waals surface area contributed by atoms with Crippen molar-refractivity contribution in [3.05, 3.63) is 28.3 Å². The second-order valence-corrected chi connectivity index (χ2v) is 5.63. The minimum atomic E-state index is -4.72. The number of carbonyl (C=O) groups is 1. The third-order valence-corrected chi connectivity index (χ3v) is 4.52. The number of fused-ring (bicyclic) bond motifs is 1. The molecular weight excluding hydrogens is 293 g/mol. The van der Waals surface area contributed by atoms with E-state index in [9.17, 15) is 18.0 Å². The average Bonchev–Trinajstić information content (AvgIpc) is 2.36. The smallest absolute Gasteiger partial charge is 0.417 e. The van der Waals surface area contributed by atoms with E-state index in [1.807, 2.05) is 0 Å². The molecule has 0 saturated carbocycles. The van der Waals surface area contributed by atoms with Gasteiger partial charge in [-0.25, -0.2) is 4.79 Å². The summed E-state index contributed by atoms with van der Waals surface area (Å²) in [5, 5.41) is 9.07. The van der Waals surface area contributed by atoms with E-state index in [0.29, 0.717) is 22.6 Å². The average molecular weight is 306 g/mol. The summed E-state index contributed by atoms with van der Waals surface area (Å²) in [5.41, 5.74) is -1.28. The molecule has 1 aliphatic heterocycles. The first-order valence-corrected chi connectivity index (χ1v) is 6.89. The molecule has 1 aromatic rings. The number of carboxylic acids is 1. The van der Waals surface area contributed by atoms with Crippen molar-refractivity contribution in [1.82, 2.24) is 0 Å². The summed E-state index contributed by atoms with van der Waals surface area (Å²) in [6.45, 7) is 1.62. The normalized spacial score (nSPS) is 18.8. The van der Waals surface area contributed by atoms with Crippen LogP contribution in [-0.2, 0) is 10.9 Å². The molecule has 1 aromatic carbocycles. The molecule has 1 heterocycles. The Hall–Kier alpha value is -1.21. The molecule has 0 fully saturated rings. The fraction of sp³-hybridized carbons (Fsp3) is 0.462. The summed E-state index contributed by atoms with van der Waals surface area (Å²) in [5.74, 6) is -0.926. The Balaban J connectivity index is 2.83. The molecule has 0 bridgehead atoms. The maximum Gasteiger partial charge on any atom is 0.417 e. The van der Waals surface area contributed by atoms with E-state index in [4.69, 9.17) is 9.84 Å². The van der Waals surface area contributed by atoms with Gasteiger partial charge in [0.2, 0.25) is 0 Å². The number of aryl methyl sites for hydroxylation is 1. The van der Waals surface area contributed by atoms with Gasteiger partial charge in [-0.05, 0) is 25.0 Å². The topological polar surface area (TPSA) is 46.5 Å². The Kier molecular flexibility index (Phi) is 4.02. The summed E-state index contributed by atoms with van der Waals surface area (Å²) in [6.07, 6.45) is -5.01. The lowest BCUT2D eigenvalue weighted by Gasteiger charge is -2.29. The lowest BCUT2D eigenvalue weighted by molar-refractivity contribution is -0.140. The Morgan fingerprint density at radius 3 is 2.65 bits per heavy atom. The van der Waals surface area contributed by atoms with Gasteiger partial charge in [0.15, 0.2) is 0 Å². The number of methoxy groups -OCH3 is 1. The van der Waals surface area contributed by atoms with Gasteiger partial charge in [0.25, 0.3) is 0 Å². The predicted molar refractivity (Wildman–Crippen MR) is 68.2 cm³/mol. The number of benzene rings is 1. The SMILES string of the molecule is COC1CCSc2c(C)cc(C(=O)O)c(C(F)(F)F)c21. The number of hydrogen-bond acceptors (Lipinski definition) is 3. The van der Waals surface area contributed by atoms with E-state index in [-0.39, 0.29) is 5.56 Å². The van der Waals surface area contributed by atoms with Crippen LogP contribution in [0.5, 0.6) is 0 Å². The zero-order chi connectivity index (χ0) is 15.1. The van der Waals surface area contributed by atoms with Crippen LogP contribution in [0, 0.1) is 6.92 Å². The second kappa shape index (κ2) is 5.29. The molecule has 0 aromatic heterocycles. The van der Waals surface area contributed by atoms with Crippen LogP contribution in [0.3, 0.4) is 0 Å². The molecule has 1 N–H and O–H groups in total. The maximum atomic E-state index is 13.3. The Morgan fingerprint density at radius 1 is 1.50 bits per heavy atom. The van der Waals surface area contributed by atoms with Crippen LogP contribution in [0.1, 0.15) is 39.6 Å². The van der Waals surface area contributed by atoms with Gasteiger partial charge in [0, 0.05) is 23.3 Å². The predicted octanol–water partition coefficient (Wildman–Crippen LogP) is 3.90. The molecule has 0 spiro atoms. The summed E-state index contributed by atoms with van der Waals surface area (Å²) in [6, 6.07) is 1.09. The molecule has 1 atom stereocenters. The van der Waals surface area contributed by atoms with Crippen LogP contribution < -0.4 is 0 Å². The van der Waals surface area contributed by atoms with E-state index in [1.54, 1.807) is 6.92 Å². The van der Waals surface area contributed by atoms with Crippen molar-refractivity contribution >= 4 is 17.7 Å². The maximum absolute atomic E-state index is 13.3. The third kappa shape index (κ3) is 2.52. The van der Waals surface area contributed by atoms with Crippen LogP contribution in [0.2, 0.25) is 0 Å². The summed E-state index contributed by atoms with van der Waals surface area (Å²) in [4.78, 5) is 11.6. The zero-order valence-corrected chi connectivity index (χ0v) is 11.7. The van der Waals surface area contributed by atoms with Gasteiger partial charge in [0.1, 0.15) is 0 Å². The summed E-state index contributed by atoms with van der Waals surface area (Å²) < 4.78 is 45.1. The van der Waals surface area contributed by atoms with Crippen molar-refractivity contribution in [2.24, 2.45) is 0 Å². The van der Waals surface area contributed by atoms with Crippen molar-refractivity contribution in [3.8, 4) is 0 Å². The minimum absolute atomic E-state index is 0.0337. The zero-order valence-electron chi connectivity index (χ0n) is 10.9. The number of aromatic carboxylic acids is 1. The van der Waals surface area contributed by atoms with Gasteiger partial charge in [-0.1, -0.05) is 0 Å². The molecule has 2 rings (SSSR count). The number of rotatable bonds is 2. The van der Waals surface area contributed by atoms with Crippen molar-refractivity contribution in [2.45, 2.75) is 30.5 Å². The molecule has 110 valence electrons. The van der Waals surface area contributed by atoms with E-state index in [2.05, 4.69) is 0 Å². The molecule has 0 saturated heterocycles. The molecule has 3 nitrogen and oxygen atoms in total. The van der Waals surface area contributed by atoms with Crippen LogP contribution >= 0.6 is 11.8 Å². The lowest BCUT2D eigenvalue weighted by Crippen LogP contribution is -2.22. The van der Waals surface area contributed by atoms with Crippen LogP contribution in [0.15, 0.2) is 11.0 Å². The van der Waals surface area contributed by atoms with Crippen LogP contribution in [0.25, 0.3) is 0 Å². The van der Waals surface area contributed by atoms with Gasteiger partial charge in [-0.15, -0.1) is 11.8 Å². The van der Waals surface area contributed by atoms with Gasteiger partial charge in [-0.3, -0.25) is 0 Å². The van der Waals surface area contributed by atoms with Crippen molar-refractivity contribution in [2.75, 3.05) is 12.9 Å². The fourth-order valence-corrected chi connectivity index (χ4v) is 3.66.